The molecule has 0 radical (unpaired) electrons. The van der Waals surface area contributed by atoms with E-state index in [0.717, 1.165) is 0 Å². The third kappa shape index (κ3) is 4.22. The van der Waals surface area contributed by atoms with Gasteiger partial charge in [0.1, 0.15) is 0 Å². The number of nitrogens with one attached hydrogen (secondary N) is 2. The number of esters is 1. The van der Waals surface area contributed by atoms with E-state index < -0.39 is 12.0 Å². The van der Waals surface area contributed by atoms with Crippen LogP contribution in [0.3, 0.4) is 0 Å². The second kappa shape index (κ2) is 7.29. The molecule has 114 valence electrons. The smallest absolute Gasteiger partial charge is 0.339 e. The van der Waals surface area contributed by atoms with Gasteiger partial charge in [0.05, 0.1) is 12.7 Å². The first-order chi connectivity index (χ1) is 10.5. The van der Waals surface area contributed by atoms with Crippen molar-refractivity contribution in [1.29, 1.82) is 0 Å². The van der Waals surface area contributed by atoms with Gasteiger partial charge in [-0.25, -0.2) is 9.59 Å². The molecule has 2 aromatic rings. The summed E-state index contributed by atoms with van der Waals surface area (Å²) in [6.07, 6.45) is 0. The lowest BCUT2D eigenvalue weighted by molar-refractivity contribution is 0.0599. The van der Waals surface area contributed by atoms with E-state index in [2.05, 4.69) is 31.3 Å². The lowest BCUT2D eigenvalue weighted by atomic mass is 10.2. The third-order valence-corrected chi connectivity index (χ3v) is 3.64. The normalized spacial score (nSPS) is 9.95. The summed E-state index contributed by atoms with van der Waals surface area (Å²) in [6.45, 7) is 0. The number of carbonyl (C=O) groups is 2. The van der Waals surface area contributed by atoms with E-state index in [1.165, 1.54) is 13.2 Å². The zero-order valence-corrected chi connectivity index (χ0v) is 13.9. The number of benzene rings is 2. The Morgan fingerprint density at radius 2 is 1.77 bits per heavy atom. The van der Waals surface area contributed by atoms with Gasteiger partial charge in [-0.05, 0) is 52.3 Å². The van der Waals surface area contributed by atoms with E-state index in [1.807, 2.05) is 0 Å². The Morgan fingerprint density at radius 1 is 1.09 bits per heavy atom. The number of hydrogen-bond acceptors (Lipinski definition) is 3. The number of ether oxygens (including phenoxy) is 1. The van der Waals surface area contributed by atoms with Gasteiger partial charge in [0.15, 0.2) is 0 Å². The Hall–Kier alpha value is -2.05. The van der Waals surface area contributed by atoms with Crippen LogP contribution in [0.5, 0.6) is 0 Å². The Labute approximate surface area is 140 Å². The minimum Gasteiger partial charge on any atom is -0.465 e. The van der Waals surface area contributed by atoms with Crippen LogP contribution in [0.1, 0.15) is 10.4 Å². The van der Waals surface area contributed by atoms with Crippen LogP contribution in [0.2, 0.25) is 5.02 Å². The summed E-state index contributed by atoms with van der Waals surface area (Å²) in [5.41, 5.74) is 1.35. The lowest BCUT2D eigenvalue weighted by Gasteiger charge is -2.10. The van der Waals surface area contributed by atoms with E-state index >= 15 is 0 Å². The van der Waals surface area contributed by atoms with Gasteiger partial charge in [0.25, 0.3) is 0 Å². The van der Waals surface area contributed by atoms with Crippen molar-refractivity contribution in [3.8, 4) is 0 Å². The first kappa shape index (κ1) is 16.3. The molecule has 0 bridgehead atoms. The average Bonchev–Trinajstić information content (AvgIpc) is 2.48. The van der Waals surface area contributed by atoms with Crippen LogP contribution in [0.4, 0.5) is 16.2 Å². The van der Waals surface area contributed by atoms with Gasteiger partial charge < -0.3 is 15.4 Å². The lowest BCUT2D eigenvalue weighted by Crippen LogP contribution is -2.19. The number of urea groups is 1. The Bertz CT molecular complexity index is 722. The van der Waals surface area contributed by atoms with Crippen molar-refractivity contribution in [2.24, 2.45) is 0 Å². The van der Waals surface area contributed by atoms with Crippen molar-refractivity contribution in [2.75, 3.05) is 17.7 Å². The molecule has 2 amide bonds. The first-order valence-corrected chi connectivity index (χ1v) is 7.38. The van der Waals surface area contributed by atoms with Crippen molar-refractivity contribution in [3.05, 3.63) is 57.5 Å². The molecule has 22 heavy (non-hydrogen) atoms. The van der Waals surface area contributed by atoms with Gasteiger partial charge in [0, 0.05) is 20.9 Å². The molecule has 0 saturated carbocycles. The number of methoxy groups -OCH3 is 1. The maximum Gasteiger partial charge on any atom is 0.339 e. The van der Waals surface area contributed by atoms with Crippen LogP contribution in [-0.4, -0.2) is 19.1 Å². The van der Waals surface area contributed by atoms with Crippen molar-refractivity contribution >= 4 is 50.9 Å². The molecule has 5 nitrogen and oxygen atoms in total. The summed E-state index contributed by atoms with van der Waals surface area (Å²) in [7, 11) is 1.29. The number of hydrogen-bond donors (Lipinski definition) is 2. The summed E-state index contributed by atoms with van der Waals surface area (Å²) in [4.78, 5) is 23.5. The monoisotopic (exact) mass is 382 g/mol. The molecule has 0 heterocycles. The summed E-state index contributed by atoms with van der Waals surface area (Å²) in [5.74, 6) is -0.495. The average molecular weight is 384 g/mol. The number of rotatable bonds is 3. The summed E-state index contributed by atoms with van der Waals surface area (Å²) >= 11 is 9.11. The highest BCUT2D eigenvalue weighted by atomic mass is 79.9. The summed E-state index contributed by atoms with van der Waals surface area (Å²) in [6, 6.07) is 11.2. The predicted octanol–water partition coefficient (Wildman–Crippen LogP) is 4.53. The number of amides is 2. The molecule has 0 unspecified atom stereocenters. The molecular formula is C15H12BrClN2O3. The van der Waals surface area contributed by atoms with E-state index in [-0.39, 0.29) is 0 Å². The van der Waals surface area contributed by atoms with Gasteiger partial charge in [-0.3, -0.25) is 0 Å². The quantitative estimate of drug-likeness (QED) is 0.765. The highest BCUT2D eigenvalue weighted by Crippen LogP contribution is 2.22. The summed E-state index contributed by atoms with van der Waals surface area (Å²) < 4.78 is 5.26. The number of carbonyl (C=O) groups excluding carboxylic acids is 2. The van der Waals surface area contributed by atoms with Gasteiger partial charge in [-0.1, -0.05) is 17.7 Å². The molecule has 0 spiro atoms. The second-order valence-corrected chi connectivity index (χ2v) is 5.57. The van der Waals surface area contributed by atoms with Crippen LogP contribution >= 0.6 is 27.5 Å². The SMILES string of the molecule is COC(=O)c1cc(NC(=O)Nc2cccc(Cl)c2)ccc1Br. The Balaban J connectivity index is 2.10. The van der Waals surface area contributed by atoms with Gasteiger partial charge in [-0.2, -0.15) is 0 Å². The van der Waals surface area contributed by atoms with Crippen molar-refractivity contribution < 1.29 is 14.3 Å². The van der Waals surface area contributed by atoms with Gasteiger partial charge in [0.2, 0.25) is 0 Å². The molecule has 2 aromatic carbocycles. The minimum absolute atomic E-state index is 0.322. The second-order valence-electron chi connectivity index (χ2n) is 4.28. The molecule has 0 fully saturated rings. The first-order valence-electron chi connectivity index (χ1n) is 6.21. The maximum absolute atomic E-state index is 11.9. The zero-order valence-electron chi connectivity index (χ0n) is 11.5. The largest absolute Gasteiger partial charge is 0.465 e. The minimum atomic E-state index is -0.495. The molecule has 0 atom stereocenters. The molecule has 0 aliphatic carbocycles. The van der Waals surface area contributed by atoms with Crippen LogP contribution in [0, 0.1) is 0 Å². The maximum atomic E-state index is 11.9. The highest BCUT2D eigenvalue weighted by Gasteiger charge is 2.12. The van der Waals surface area contributed by atoms with Crippen LogP contribution in [0.15, 0.2) is 46.9 Å². The Morgan fingerprint density at radius 3 is 2.41 bits per heavy atom. The van der Waals surface area contributed by atoms with Crippen LogP contribution < -0.4 is 10.6 Å². The highest BCUT2D eigenvalue weighted by molar-refractivity contribution is 9.10. The van der Waals surface area contributed by atoms with E-state index in [9.17, 15) is 9.59 Å². The number of anilines is 2. The molecule has 2 rings (SSSR count). The van der Waals surface area contributed by atoms with Crippen molar-refractivity contribution in [2.45, 2.75) is 0 Å². The predicted molar refractivity (Wildman–Crippen MR) is 89.6 cm³/mol. The molecule has 0 aromatic heterocycles. The van der Waals surface area contributed by atoms with Gasteiger partial charge >= 0.3 is 12.0 Å². The van der Waals surface area contributed by atoms with E-state index in [0.29, 0.717) is 26.4 Å². The fourth-order valence-corrected chi connectivity index (χ4v) is 2.33. The van der Waals surface area contributed by atoms with Crippen molar-refractivity contribution in [1.82, 2.24) is 0 Å². The fourth-order valence-electron chi connectivity index (χ4n) is 1.73. The molecular weight excluding hydrogens is 372 g/mol. The molecule has 2 N–H and O–H groups in total. The van der Waals surface area contributed by atoms with Crippen LogP contribution in [-0.2, 0) is 4.74 Å². The van der Waals surface area contributed by atoms with E-state index in [4.69, 9.17) is 11.6 Å². The Kier molecular flexibility index (Phi) is 5.41. The molecule has 0 saturated heterocycles. The van der Waals surface area contributed by atoms with Crippen LogP contribution in [0.25, 0.3) is 0 Å². The summed E-state index contributed by atoms with van der Waals surface area (Å²) in [5, 5.41) is 5.80. The van der Waals surface area contributed by atoms with Gasteiger partial charge in [-0.15, -0.1) is 0 Å². The molecule has 0 aliphatic heterocycles. The topological polar surface area (TPSA) is 67.4 Å². The zero-order chi connectivity index (χ0) is 16.1. The number of halogens is 2. The fraction of sp³-hybridized carbons (Fsp3) is 0.0667. The third-order valence-electron chi connectivity index (χ3n) is 2.71. The standard InChI is InChI=1S/C15H12BrClN2O3/c1-22-14(20)12-8-11(5-6-13(12)16)19-15(21)18-10-4-2-3-9(17)7-10/h2-8H,1H3,(H2,18,19,21). The van der Waals surface area contributed by atoms with Crippen molar-refractivity contribution in [3.63, 3.8) is 0 Å². The van der Waals surface area contributed by atoms with E-state index in [1.54, 1.807) is 36.4 Å². The molecule has 7 heteroatoms. The molecule has 0 aliphatic rings.